The van der Waals surface area contributed by atoms with Crippen LogP contribution in [-0.4, -0.2) is 49.5 Å². The van der Waals surface area contributed by atoms with Gasteiger partial charge in [-0.2, -0.15) is 4.31 Å². The van der Waals surface area contributed by atoms with Crippen LogP contribution in [0.1, 0.15) is 11.8 Å². The smallest absolute Gasteiger partial charge is 0.243 e. The van der Waals surface area contributed by atoms with Crippen LogP contribution in [0, 0.1) is 0 Å². The molecule has 1 aromatic heterocycles. The van der Waals surface area contributed by atoms with Crippen LogP contribution < -0.4 is 10.5 Å². The van der Waals surface area contributed by atoms with Gasteiger partial charge in [0.1, 0.15) is 23.4 Å². The third kappa shape index (κ3) is 3.18. The Balaban J connectivity index is 1.87. The SMILES string of the molecule is COc1cccc(S(=O)(=O)N2CCO[C@H](c3nccnc3N)C2)c1. The second kappa shape index (κ2) is 6.71. The Morgan fingerprint density at radius 1 is 1.33 bits per heavy atom. The molecule has 8 nitrogen and oxygen atoms in total. The highest BCUT2D eigenvalue weighted by Gasteiger charge is 2.33. The van der Waals surface area contributed by atoms with Crippen LogP contribution in [0.2, 0.25) is 0 Å². The van der Waals surface area contributed by atoms with Crippen molar-refractivity contribution in [1.29, 1.82) is 0 Å². The monoisotopic (exact) mass is 350 g/mol. The molecule has 9 heteroatoms. The molecule has 1 aromatic carbocycles. The molecule has 24 heavy (non-hydrogen) atoms. The lowest BCUT2D eigenvalue weighted by atomic mass is 10.2. The summed E-state index contributed by atoms with van der Waals surface area (Å²) < 4.78 is 37.8. The highest BCUT2D eigenvalue weighted by molar-refractivity contribution is 7.89. The fourth-order valence-corrected chi connectivity index (χ4v) is 3.99. The molecule has 0 unspecified atom stereocenters. The summed E-state index contributed by atoms with van der Waals surface area (Å²) in [7, 11) is -2.17. The molecule has 0 amide bonds. The number of ether oxygens (including phenoxy) is 2. The molecule has 0 aliphatic carbocycles. The van der Waals surface area contributed by atoms with Crippen molar-refractivity contribution < 1.29 is 17.9 Å². The highest BCUT2D eigenvalue weighted by atomic mass is 32.2. The summed E-state index contributed by atoms with van der Waals surface area (Å²) in [5.41, 5.74) is 6.26. The maximum absolute atomic E-state index is 12.9. The van der Waals surface area contributed by atoms with E-state index in [-0.39, 0.29) is 30.4 Å². The molecule has 1 fully saturated rings. The summed E-state index contributed by atoms with van der Waals surface area (Å²) in [5, 5.41) is 0. The molecule has 1 saturated heterocycles. The van der Waals surface area contributed by atoms with Gasteiger partial charge in [0.15, 0.2) is 0 Å². The van der Waals surface area contributed by atoms with Gasteiger partial charge in [0.2, 0.25) is 10.0 Å². The zero-order valence-corrected chi connectivity index (χ0v) is 13.9. The van der Waals surface area contributed by atoms with Gasteiger partial charge in [-0.15, -0.1) is 0 Å². The van der Waals surface area contributed by atoms with E-state index in [2.05, 4.69) is 9.97 Å². The Morgan fingerprint density at radius 3 is 2.88 bits per heavy atom. The van der Waals surface area contributed by atoms with Gasteiger partial charge in [0.05, 0.1) is 18.6 Å². The number of benzene rings is 1. The zero-order valence-electron chi connectivity index (χ0n) is 13.1. The van der Waals surface area contributed by atoms with E-state index in [0.29, 0.717) is 11.4 Å². The minimum Gasteiger partial charge on any atom is -0.497 e. The fourth-order valence-electron chi connectivity index (χ4n) is 2.53. The first-order valence-corrected chi connectivity index (χ1v) is 8.78. The molecule has 0 radical (unpaired) electrons. The summed E-state index contributed by atoms with van der Waals surface area (Å²) in [6, 6.07) is 6.38. The average molecular weight is 350 g/mol. The van der Waals surface area contributed by atoms with Crippen LogP contribution in [0.15, 0.2) is 41.6 Å². The number of nitrogen functional groups attached to an aromatic ring is 1. The molecule has 0 saturated carbocycles. The van der Waals surface area contributed by atoms with E-state index >= 15 is 0 Å². The Bertz CT molecular complexity index is 828. The molecule has 128 valence electrons. The summed E-state index contributed by atoms with van der Waals surface area (Å²) in [6.07, 6.45) is 2.43. The van der Waals surface area contributed by atoms with E-state index in [1.165, 1.54) is 29.9 Å². The van der Waals surface area contributed by atoms with E-state index in [0.717, 1.165) is 0 Å². The van der Waals surface area contributed by atoms with Crippen molar-refractivity contribution in [3.05, 3.63) is 42.4 Å². The number of aromatic nitrogens is 2. The van der Waals surface area contributed by atoms with Gasteiger partial charge < -0.3 is 15.2 Å². The van der Waals surface area contributed by atoms with Gasteiger partial charge in [-0.1, -0.05) is 6.07 Å². The molecule has 0 bridgehead atoms. The number of nitrogens with zero attached hydrogens (tertiary/aromatic N) is 3. The van der Waals surface area contributed by atoms with Crippen LogP contribution in [0.25, 0.3) is 0 Å². The molecule has 2 N–H and O–H groups in total. The molecule has 0 spiro atoms. The van der Waals surface area contributed by atoms with Gasteiger partial charge in [-0.3, -0.25) is 4.98 Å². The van der Waals surface area contributed by atoms with E-state index < -0.39 is 16.1 Å². The lowest BCUT2D eigenvalue weighted by Gasteiger charge is -2.32. The number of hydrogen-bond acceptors (Lipinski definition) is 7. The summed E-state index contributed by atoms with van der Waals surface area (Å²) in [5.74, 6) is 0.724. The number of nitrogens with two attached hydrogens (primary N) is 1. The number of morpholine rings is 1. The maximum Gasteiger partial charge on any atom is 0.243 e. The average Bonchev–Trinajstić information content (AvgIpc) is 2.62. The minimum absolute atomic E-state index is 0.127. The predicted molar refractivity (Wildman–Crippen MR) is 86.9 cm³/mol. The molecular weight excluding hydrogens is 332 g/mol. The third-order valence-electron chi connectivity index (χ3n) is 3.77. The lowest BCUT2D eigenvalue weighted by Crippen LogP contribution is -2.42. The topological polar surface area (TPSA) is 108 Å². The molecule has 3 rings (SSSR count). The first kappa shape index (κ1) is 16.6. The number of rotatable bonds is 4. The first-order chi connectivity index (χ1) is 11.5. The summed E-state index contributed by atoms with van der Waals surface area (Å²) in [4.78, 5) is 8.31. The van der Waals surface area contributed by atoms with Gasteiger partial charge in [0, 0.05) is 31.5 Å². The highest BCUT2D eigenvalue weighted by Crippen LogP contribution is 2.28. The second-order valence-electron chi connectivity index (χ2n) is 5.23. The van der Waals surface area contributed by atoms with Crippen molar-refractivity contribution in [1.82, 2.24) is 14.3 Å². The largest absolute Gasteiger partial charge is 0.497 e. The quantitative estimate of drug-likeness (QED) is 0.870. The van der Waals surface area contributed by atoms with Crippen LogP contribution in [-0.2, 0) is 14.8 Å². The fraction of sp³-hybridized carbons (Fsp3) is 0.333. The maximum atomic E-state index is 12.9. The molecule has 2 aromatic rings. The Morgan fingerprint density at radius 2 is 2.12 bits per heavy atom. The van der Waals surface area contributed by atoms with E-state index in [4.69, 9.17) is 15.2 Å². The van der Waals surface area contributed by atoms with Gasteiger partial charge in [-0.25, -0.2) is 13.4 Å². The lowest BCUT2D eigenvalue weighted by molar-refractivity contribution is -0.00465. The Hall–Kier alpha value is -2.23. The van der Waals surface area contributed by atoms with Crippen molar-refractivity contribution >= 4 is 15.8 Å². The zero-order chi connectivity index (χ0) is 17.2. The van der Waals surface area contributed by atoms with Crippen molar-refractivity contribution in [2.45, 2.75) is 11.0 Å². The Kier molecular flexibility index (Phi) is 4.65. The molecule has 1 atom stereocenters. The summed E-state index contributed by atoms with van der Waals surface area (Å²) in [6.45, 7) is 0.641. The standard InChI is InChI=1S/C15H18N4O4S/c1-22-11-3-2-4-12(9-11)24(20,21)19-7-8-23-13(10-19)14-15(16)18-6-5-17-14/h2-6,9,13H,7-8,10H2,1H3,(H2,16,18)/t13-/m0/s1. The van der Waals surface area contributed by atoms with Crippen molar-refractivity contribution in [2.75, 3.05) is 32.5 Å². The Labute approximate surface area is 140 Å². The van der Waals surface area contributed by atoms with Crippen LogP contribution in [0.4, 0.5) is 5.82 Å². The molecule has 1 aliphatic rings. The summed E-state index contributed by atoms with van der Waals surface area (Å²) >= 11 is 0. The van der Waals surface area contributed by atoms with Gasteiger partial charge >= 0.3 is 0 Å². The van der Waals surface area contributed by atoms with Gasteiger partial charge in [-0.05, 0) is 12.1 Å². The number of sulfonamides is 1. The number of anilines is 1. The van der Waals surface area contributed by atoms with E-state index in [1.54, 1.807) is 18.2 Å². The van der Waals surface area contributed by atoms with Crippen molar-refractivity contribution in [3.63, 3.8) is 0 Å². The predicted octanol–water partition coefficient (Wildman–Crippen LogP) is 0.830. The van der Waals surface area contributed by atoms with Crippen LogP contribution in [0.5, 0.6) is 5.75 Å². The second-order valence-corrected chi connectivity index (χ2v) is 7.17. The molecular formula is C15H18N4O4S. The first-order valence-electron chi connectivity index (χ1n) is 7.34. The molecule has 1 aliphatic heterocycles. The van der Waals surface area contributed by atoms with Crippen LogP contribution >= 0.6 is 0 Å². The van der Waals surface area contributed by atoms with Gasteiger partial charge in [0.25, 0.3) is 0 Å². The number of methoxy groups -OCH3 is 1. The van der Waals surface area contributed by atoms with Crippen LogP contribution in [0.3, 0.4) is 0 Å². The molecule has 2 heterocycles. The van der Waals surface area contributed by atoms with Crippen molar-refractivity contribution in [2.24, 2.45) is 0 Å². The minimum atomic E-state index is -3.66. The third-order valence-corrected chi connectivity index (χ3v) is 5.63. The van der Waals surface area contributed by atoms with Crippen molar-refractivity contribution in [3.8, 4) is 5.75 Å². The van der Waals surface area contributed by atoms with E-state index in [9.17, 15) is 8.42 Å². The normalized spacial score (nSPS) is 19.1. The van der Waals surface area contributed by atoms with E-state index in [1.807, 2.05) is 0 Å². The number of hydrogen-bond donors (Lipinski definition) is 1.